The molecule has 0 aliphatic heterocycles. The van der Waals surface area contributed by atoms with Gasteiger partial charge in [-0.15, -0.1) is 0 Å². The lowest BCUT2D eigenvalue weighted by molar-refractivity contribution is 0.321. The van der Waals surface area contributed by atoms with Gasteiger partial charge in [0.15, 0.2) is 17.4 Å². The minimum atomic E-state index is -0.507. The molecule has 21 heavy (non-hydrogen) atoms. The predicted octanol–water partition coefficient (Wildman–Crippen LogP) is 3.28. The summed E-state index contributed by atoms with van der Waals surface area (Å²) in [6, 6.07) is 8.98. The van der Waals surface area contributed by atoms with Crippen molar-refractivity contribution in [1.29, 1.82) is 0 Å². The zero-order valence-electron chi connectivity index (χ0n) is 11.3. The second-order valence-electron chi connectivity index (χ2n) is 4.46. The van der Waals surface area contributed by atoms with Crippen LogP contribution in [0, 0.1) is 11.6 Å². The Morgan fingerprint density at radius 2 is 2.00 bits per heavy atom. The number of hydrogen-bond acceptors (Lipinski definition) is 3. The number of halogens is 2. The number of para-hydroxylation sites is 1. The Kier molecular flexibility index (Phi) is 3.21. The van der Waals surface area contributed by atoms with Crippen molar-refractivity contribution >= 4 is 17.0 Å². The summed E-state index contributed by atoms with van der Waals surface area (Å²) in [5.41, 5.74) is 6.93. The standard InChI is InChI=1S/C15H13F2N3O/c1-2-21-13-7-6-9(8-11(13)17)20-12-5-3-4-10(16)14(12)19-15(20)18/h3-8H,2H2,1H3,(H2,18,19). The van der Waals surface area contributed by atoms with Crippen LogP contribution in [0.1, 0.15) is 6.92 Å². The fraction of sp³-hybridized carbons (Fsp3) is 0.133. The summed E-state index contributed by atoms with van der Waals surface area (Å²) in [6.45, 7) is 2.15. The Labute approximate surface area is 119 Å². The van der Waals surface area contributed by atoms with Crippen LogP contribution in [0.15, 0.2) is 36.4 Å². The summed E-state index contributed by atoms with van der Waals surface area (Å²) in [6.07, 6.45) is 0. The maximum Gasteiger partial charge on any atom is 0.206 e. The molecule has 0 saturated heterocycles. The summed E-state index contributed by atoms with van der Waals surface area (Å²) in [5, 5.41) is 0. The van der Waals surface area contributed by atoms with Crippen molar-refractivity contribution in [3.05, 3.63) is 48.0 Å². The van der Waals surface area contributed by atoms with Gasteiger partial charge in [0, 0.05) is 6.07 Å². The highest BCUT2D eigenvalue weighted by Crippen LogP contribution is 2.27. The quantitative estimate of drug-likeness (QED) is 0.805. The normalized spacial score (nSPS) is 11.0. The van der Waals surface area contributed by atoms with E-state index in [9.17, 15) is 8.78 Å². The van der Waals surface area contributed by atoms with Crippen molar-refractivity contribution in [2.24, 2.45) is 0 Å². The molecule has 3 aromatic rings. The molecule has 0 unspecified atom stereocenters. The van der Waals surface area contributed by atoms with Crippen LogP contribution in [0.2, 0.25) is 0 Å². The number of anilines is 1. The summed E-state index contributed by atoms with van der Waals surface area (Å²) >= 11 is 0. The Morgan fingerprint density at radius 3 is 2.71 bits per heavy atom. The molecule has 6 heteroatoms. The van der Waals surface area contributed by atoms with Crippen LogP contribution >= 0.6 is 0 Å². The first-order chi connectivity index (χ1) is 10.1. The zero-order chi connectivity index (χ0) is 15.0. The molecule has 0 saturated carbocycles. The van der Waals surface area contributed by atoms with Crippen LogP contribution in [-0.4, -0.2) is 16.2 Å². The van der Waals surface area contributed by atoms with Crippen LogP contribution in [0.4, 0.5) is 14.7 Å². The molecule has 2 N–H and O–H groups in total. The Bertz CT molecular complexity index is 814. The van der Waals surface area contributed by atoms with Gasteiger partial charge < -0.3 is 10.5 Å². The van der Waals surface area contributed by atoms with Crippen molar-refractivity contribution in [2.45, 2.75) is 6.92 Å². The van der Waals surface area contributed by atoms with E-state index in [1.807, 2.05) is 0 Å². The maximum atomic E-state index is 14.0. The molecule has 0 bridgehead atoms. The van der Waals surface area contributed by atoms with Gasteiger partial charge in [-0.3, -0.25) is 4.57 Å². The first-order valence-electron chi connectivity index (χ1n) is 6.47. The van der Waals surface area contributed by atoms with Crippen LogP contribution in [0.5, 0.6) is 5.75 Å². The van der Waals surface area contributed by atoms with Gasteiger partial charge in [-0.05, 0) is 31.2 Å². The van der Waals surface area contributed by atoms with E-state index in [0.717, 1.165) is 0 Å². The molecule has 2 aromatic carbocycles. The van der Waals surface area contributed by atoms with Crippen molar-refractivity contribution in [2.75, 3.05) is 12.3 Å². The topological polar surface area (TPSA) is 53.1 Å². The molecule has 0 radical (unpaired) electrons. The van der Waals surface area contributed by atoms with Crippen molar-refractivity contribution in [3.8, 4) is 11.4 Å². The average molecular weight is 289 g/mol. The van der Waals surface area contributed by atoms with Gasteiger partial charge in [0.25, 0.3) is 0 Å². The van der Waals surface area contributed by atoms with E-state index in [2.05, 4.69) is 4.98 Å². The maximum absolute atomic E-state index is 14.0. The lowest BCUT2D eigenvalue weighted by atomic mass is 10.2. The van der Waals surface area contributed by atoms with E-state index in [-0.39, 0.29) is 17.2 Å². The third-order valence-corrected chi connectivity index (χ3v) is 3.14. The van der Waals surface area contributed by atoms with Crippen LogP contribution < -0.4 is 10.5 Å². The van der Waals surface area contributed by atoms with E-state index in [4.69, 9.17) is 10.5 Å². The van der Waals surface area contributed by atoms with Gasteiger partial charge in [0.05, 0.1) is 17.8 Å². The van der Waals surface area contributed by atoms with Crippen molar-refractivity contribution < 1.29 is 13.5 Å². The van der Waals surface area contributed by atoms with E-state index < -0.39 is 11.6 Å². The smallest absolute Gasteiger partial charge is 0.206 e. The number of ether oxygens (including phenoxy) is 1. The predicted molar refractivity (Wildman–Crippen MR) is 76.6 cm³/mol. The fourth-order valence-electron chi connectivity index (χ4n) is 2.26. The molecule has 0 amide bonds. The molecular formula is C15H13F2N3O. The molecular weight excluding hydrogens is 276 g/mol. The monoisotopic (exact) mass is 289 g/mol. The summed E-state index contributed by atoms with van der Waals surface area (Å²) in [5.74, 6) is -0.717. The number of nitrogens with two attached hydrogens (primary N) is 1. The molecule has 1 aromatic heterocycles. The number of nitrogens with zero attached hydrogens (tertiary/aromatic N) is 2. The molecule has 4 nitrogen and oxygen atoms in total. The van der Waals surface area contributed by atoms with Crippen LogP contribution in [0.25, 0.3) is 16.7 Å². The van der Waals surface area contributed by atoms with Gasteiger partial charge >= 0.3 is 0 Å². The number of benzene rings is 2. The summed E-state index contributed by atoms with van der Waals surface area (Å²) in [7, 11) is 0. The molecule has 0 fully saturated rings. The Balaban J connectivity index is 2.19. The third kappa shape index (κ3) is 2.18. The number of hydrogen-bond donors (Lipinski definition) is 1. The molecule has 108 valence electrons. The highest BCUT2D eigenvalue weighted by molar-refractivity contribution is 5.81. The number of imidazole rings is 1. The first-order valence-corrected chi connectivity index (χ1v) is 6.47. The SMILES string of the molecule is CCOc1ccc(-n2c(N)nc3c(F)cccc32)cc1F. The van der Waals surface area contributed by atoms with Gasteiger partial charge in [-0.2, -0.15) is 0 Å². The minimum absolute atomic E-state index is 0.0960. The molecule has 3 rings (SSSR count). The van der Waals surface area contributed by atoms with E-state index >= 15 is 0 Å². The van der Waals surface area contributed by atoms with E-state index in [1.54, 1.807) is 25.1 Å². The summed E-state index contributed by atoms with van der Waals surface area (Å²) < 4.78 is 34.3. The number of aromatic nitrogens is 2. The molecule has 0 aliphatic carbocycles. The van der Waals surface area contributed by atoms with Crippen LogP contribution in [-0.2, 0) is 0 Å². The molecule has 0 atom stereocenters. The zero-order valence-corrected chi connectivity index (χ0v) is 11.3. The second-order valence-corrected chi connectivity index (χ2v) is 4.46. The van der Waals surface area contributed by atoms with Crippen molar-refractivity contribution in [1.82, 2.24) is 9.55 Å². The number of rotatable bonds is 3. The van der Waals surface area contributed by atoms with E-state index in [0.29, 0.717) is 17.8 Å². The lowest BCUT2D eigenvalue weighted by Gasteiger charge is -2.09. The lowest BCUT2D eigenvalue weighted by Crippen LogP contribution is -2.02. The molecule has 0 spiro atoms. The van der Waals surface area contributed by atoms with E-state index in [1.165, 1.54) is 22.8 Å². The van der Waals surface area contributed by atoms with Gasteiger partial charge in [0.2, 0.25) is 5.95 Å². The highest BCUT2D eigenvalue weighted by atomic mass is 19.1. The van der Waals surface area contributed by atoms with Gasteiger partial charge in [0.1, 0.15) is 5.52 Å². The van der Waals surface area contributed by atoms with Gasteiger partial charge in [-0.1, -0.05) is 6.07 Å². The highest BCUT2D eigenvalue weighted by Gasteiger charge is 2.14. The fourth-order valence-corrected chi connectivity index (χ4v) is 2.26. The van der Waals surface area contributed by atoms with Crippen molar-refractivity contribution in [3.63, 3.8) is 0 Å². The number of fused-ring (bicyclic) bond motifs is 1. The van der Waals surface area contributed by atoms with Gasteiger partial charge in [-0.25, -0.2) is 13.8 Å². The molecule has 1 heterocycles. The average Bonchev–Trinajstić information content (AvgIpc) is 2.79. The Hall–Kier alpha value is -2.63. The first kappa shape index (κ1) is 13.4. The van der Waals surface area contributed by atoms with Crippen LogP contribution in [0.3, 0.4) is 0 Å². The third-order valence-electron chi connectivity index (χ3n) is 3.14. The second kappa shape index (κ2) is 5.05. The Morgan fingerprint density at radius 1 is 1.19 bits per heavy atom. The minimum Gasteiger partial charge on any atom is -0.491 e. The number of nitrogen functional groups attached to an aromatic ring is 1. The largest absolute Gasteiger partial charge is 0.491 e. The molecule has 0 aliphatic rings. The summed E-state index contributed by atoms with van der Waals surface area (Å²) in [4.78, 5) is 3.99.